The quantitative estimate of drug-likeness (QED) is 0.824. The van der Waals surface area contributed by atoms with Gasteiger partial charge in [0.25, 0.3) is 0 Å². The molecule has 6 nitrogen and oxygen atoms in total. The SMILES string of the molecule is O=C(C1CCOCC1)N1CCC2OCCCC2(COc2ccccn2)C1. The van der Waals surface area contributed by atoms with Gasteiger partial charge in [0.05, 0.1) is 12.7 Å². The van der Waals surface area contributed by atoms with E-state index in [1.165, 1.54) is 0 Å². The smallest absolute Gasteiger partial charge is 0.225 e. The number of pyridine rings is 1. The summed E-state index contributed by atoms with van der Waals surface area (Å²) in [5.74, 6) is 1.03. The number of ether oxygens (including phenoxy) is 3. The largest absolute Gasteiger partial charge is 0.477 e. The number of fused-ring (bicyclic) bond motifs is 1. The number of amides is 1. The van der Waals surface area contributed by atoms with Gasteiger partial charge in [-0.2, -0.15) is 0 Å². The molecule has 1 aromatic rings. The standard InChI is InChI=1S/C20H28N2O4/c23-19(16-6-12-24-13-7-16)22-10-5-17-20(14-22,8-3-11-25-17)15-26-18-4-1-2-9-21-18/h1-2,4,9,16-17H,3,5-8,10-15H2. The van der Waals surface area contributed by atoms with Crippen LogP contribution in [-0.2, 0) is 14.3 Å². The molecule has 0 aliphatic carbocycles. The van der Waals surface area contributed by atoms with Crippen LogP contribution in [-0.4, -0.2) is 61.4 Å². The highest BCUT2D eigenvalue weighted by atomic mass is 16.5. The van der Waals surface area contributed by atoms with Crippen molar-refractivity contribution in [3.05, 3.63) is 24.4 Å². The molecule has 4 rings (SSSR count). The van der Waals surface area contributed by atoms with Crippen molar-refractivity contribution < 1.29 is 19.0 Å². The summed E-state index contributed by atoms with van der Waals surface area (Å²) < 4.78 is 17.5. The number of nitrogens with zero attached hydrogens (tertiary/aromatic N) is 2. The Kier molecular flexibility index (Phi) is 5.41. The molecular weight excluding hydrogens is 332 g/mol. The van der Waals surface area contributed by atoms with E-state index in [2.05, 4.69) is 9.88 Å². The van der Waals surface area contributed by atoms with Crippen LogP contribution in [0, 0.1) is 11.3 Å². The van der Waals surface area contributed by atoms with E-state index in [1.54, 1.807) is 6.20 Å². The van der Waals surface area contributed by atoms with Crippen LogP contribution in [0.4, 0.5) is 0 Å². The average Bonchev–Trinajstić information content (AvgIpc) is 2.73. The Morgan fingerprint density at radius 1 is 1.27 bits per heavy atom. The summed E-state index contributed by atoms with van der Waals surface area (Å²) in [4.78, 5) is 19.3. The number of rotatable bonds is 4. The minimum absolute atomic E-state index is 0.110. The summed E-state index contributed by atoms with van der Waals surface area (Å²) in [5.41, 5.74) is -0.130. The van der Waals surface area contributed by atoms with E-state index in [0.717, 1.165) is 51.8 Å². The van der Waals surface area contributed by atoms with Gasteiger partial charge >= 0.3 is 0 Å². The van der Waals surface area contributed by atoms with E-state index < -0.39 is 0 Å². The Balaban J connectivity index is 1.46. The summed E-state index contributed by atoms with van der Waals surface area (Å²) in [6, 6.07) is 5.69. The zero-order valence-electron chi connectivity index (χ0n) is 15.3. The predicted molar refractivity (Wildman–Crippen MR) is 95.9 cm³/mol. The summed E-state index contributed by atoms with van der Waals surface area (Å²) in [5, 5.41) is 0. The lowest BCUT2D eigenvalue weighted by Gasteiger charge is -2.50. The van der Waals surface area contributed by atoms with Crippen molar-refractivity contribution in [2.24, 2.45) is 11.3 Å². The topological polar surface area (TPSA) is 60.9 Å². The number of likely N-dealkylation sites (tertiary alicyclic amines) is 1. The maximum atomic E-state index is 13.0. The molecule has 6 heteroatoms. The van der Waals surface area contributed by atoms with Crippen LogP contribution in [0.1, 0.15) is 32.1 Å². The van der Waals surface area contributed by atoms with Gasteiger partial charge in [0.1, 0.15) is 0 Å². The van der Waals surface area contributed by atoms with E-state index in [9.17, 15) is 4.79 Å². The Labute approximate surface area is 154 Å². The third-order valence-corrected chi connectivity index (χ3v) is 6.02. The van der Waals surface area contributed by atoms with Gasteiger partial charge in [0.2, 0.25) is 11.8 Å². The molecule has 2 atom stereocenters. The molecule has 2 unspecified atom stereocenters. The molecule has 142 valence electrons. The number of hydrogen-bond acceptors (Lipinski definition) is 5. The van der Waals surface area contributed by atoms with Crippen LogP contribution in [0.25, 0.3) is 0 Å². The normalized spacial score (nSPS) is 29.8. The summed E-state index contributed by atoms with van der Waals surface area (Å²) in [6.07, 6.45) is 6.52. The highest BCUT2D eigenvalue weighted by molar-refractivity contribution is 5.79. The maximum Gasteiger partial charge on any atom is 0.225 e. The third kappa shape index (κ3) is 3.71. The molecule has 0 radical (unpaired) electrons. The van der Waals surface area contributed by atoms with Crippen molar-refractivity contribution in [1.82, 2.24) is 9.88 Å². The van der Waals surface area contributed by atoms with E-state index >= 15 is 0 Å². The van der Waals surface area contributed by atoms with Crippen molar-refractivity contribution >= 4 is 5.91 Å². The van der Waals surface area contributed by atoms with Gasteiger partial charge in [-0.1, -0.05) is 6.07 Å². The number of carbonyl (C=O) groups excluding carboxylic acids is 1. The summed E-state index contributed by atoms with van der Waals surface area (Å²) in [6.45, 7) is 4.26. The molecule has 3 aliphatic heterocycles. The first-order valence-electron chi connectivity index (χ1n) is 9.79. The van der Waals surface area contributed by atoms with Gasteiger partial charge in [-0.15, -0.1) is 0 Å². The molecule has 3 saturated heterocycles. The second-order valence-corrected chi connectivity index (χ2v) is 7.72. The molecule has 0 saturated carbocycles. The minimum Gasteiger partial charge on any atom is -0.477 e. The maximum absolute atomic E-state index is 13.0. The van der Waals surface area contributed by atoms with Gasteiger partial charge in [0, 0.05) is 56.5 Å². The van der Waals surface area contributed by atoms with Crippen LogP contribution < -0.4 is 4.74 Å². The zero-order valence-corrected chi connectivity index (χ0v) is 15.3. The van der Waals surface area contributed by atoms with Gasteiger partial charge in [-0.25, -0.2) is 4.98 Å². The third-order valence-electron chi connectivity index (χ3n) is 6.02. The monoisotopic (exact) mass is 360 g/mol. The Morgan fingerprint density at radius 3 is 2.96 bits per heavy atom. The fourth-order valence-corrected chi connectivity index (χ4v) is 4.54. The molecule has 0 bridgehead atoms. The van der Waals surface area contributed by atoms with Gasteiger partial charge in [-0.05, 0) is 38.2 Å². The van der Waals surface area contributed by atoms with Gasteiger partial charge in [-0.3, -0.25) is 4.79 Å². The molecule has 3 aliphatic rings. The molecule has 3 fully saturated rings. The van der Waals surface area contributed by atoms with Crippen LogP contribution >= 0.6 is 0 Å². The summed E-state index contributed by atoms with van der Waals surface area (Å²) >= 11 is 0. The number of carbonyl (C=O) groups is 1. The van der Waals surface area contributed by atoms with Crippen molar-refractivity contribution in [1.29, 1.82) is 0 Å². The molecule has 0 spiro atoms. The molecule has 26 heavy (non-hydrogen) atoms. The fourth-order valence-electron chi connectivity index (χ4n) is 4.54. The van der Waals surface area contributed by atoms with E-state index in [4.69, 9.17) is 14.2 Å². The lowest BCUT2D eigenvalue weighted by atomic mass is 9.72. The lowest BCUT2D eigenvalue weighted by molar-refractivity contribution is -0.162. The summed E-state index contributed by atoms with van der Waals surface area (Å²) in [7, 11) is 0. The van der Waals surface area contributed by atoms with Crippen molar-refractivity contribution in [2.75, 3.05) is 39.5 Å². The van der Waals surface area contributed by atoms with Gasteiger partial charge < -0.3 is 19.1 Å². The first-order chi connectivity index (χ1) is 12.8. The van der Waals surface area contributed by atoms with E-state index in [-0.39, 0.29) is 23.3 Å². The lowest BCUT2D eigenvalue weighted by Crippen LogP contribution is -2.59. The minimum atomic E-state index is -0.130. The zero-order chi connectivity index (χ0) is 17.8. The second kappa shape index (κ2) is 7.92. The van der Waals surface area contributed by atoms with Crippen LogP contribution in [0.15, 0.2) is 24.4 Å². The molecule has 0 N–H and O–H groups in total. The molecule has 4 heterocycles. The molecule has 1 amide bonds. The van der Waals surface area contributed by atoms with E-state index in [0.29, 0.717) is 25.7 Å². The number of hydrogen-bond donors (Lipinski definition) is 0. The Bertz CT molecular complexity index is 605. The van der Waals surface area contributed by atoms with Crippen molar-refractivity contribution in [3.8, 4) is 5.88 Å². The first kappa shape index (κ1) is 17.7. The van der Waals surface area contributed by atoms with Crippen LogP contribution in [0.2, 0.25) is 0 Å². The fraction of sp³-hybridized carbons (Fsp3) is 0.700. The van der Waals surface area contributed by atoms with Crippen molar-refractivity contribution in [3.63, 3.8) is 0 Å². The Morgan fingerprint density at radius 2 is 2.15 bits per heavy atom. The molecule has 0 aromatic carbocycles. The van der Waals surface area contributed by atoms with E-state index in [1.807, 2.05) is 18.2 Å². The van der Waals surface area contributed by atoms with Crippen molar-refractivity contribution in [2.45, 2.75) is 38.2 Å². The first-order valence-corrected chi connectivity index (χ1v) is 9.79. The number of aromatic nitrogens is 1. The van der Waals surface area contributed by atoms with Gasteiger partial charge in [0.15, 0.2) is 0 Å². The average molecular weight is 360 g/mol. The predicted octanol–water partition coefficient (Wildman–Crippen LogP) is 2.28. The van der Waals surface area contributed by atoms with Crippen LogP contribution in [0.3, 0.4) is 0 Å². The highest BCUT2D eigenvalue weighted by Gasteiger charge is 2.48. The highest BCUT2D eigenvalue weighted by Crippen LogP contribution is 2.41. The molecule has 1 aromatic heterocycles. The second-order valence-electron chi connectivity index (χ2n) is 7.72. The molecular formula is C20H28N2O4. The number of piperidine rings is 1. The van der Waals surface area contributed by atoms with Crippen LogP contribution in [0.5, 0.6) is 5.88 Å². The Hall–Kier alpha value is -1.66.